The molecular weight excluding hydrogens is 246 g/mol. The van der Waals surface area contributed by atoms with Crippen LogP contribution < -0.4 is 5.32 Å². The SMILES string of the molecule is CCNC(Cc1ccc(C(C)C)cc1)CC(C)COC. The highest BCUT2D eigenvalue weighted by Gasteiger charge is 2.13. The molecule has 0 amide bonds. The topological polar surface area (TPSA) is 21.3 Å². The Morgan fingerprint density at radius 1 is 1.10 bits per heavy atom. The van der Waals surface area contributed by atoms with E-state index in [4.69, 9.17) is 4.74 Å². The van der Waals surface area contributed by atoms with Crippen LogP contribution in [0.2, 0.25) is 0 Å². The first-order chi connectivity index (χ1) is 9.56. The number of likely N-dealkylation sites (N-methyl/N-ethyl adjacent to an activating group) is 1. The minimum Gasteiger partial charge on any atom is -0.384 e. The number of benzene rings is 1. The van der Waals surface area contributed by atoms with E-state index in [1.54, 1.807) is 7.11 Å². The van der Waals surface area contributed by atoms with Crippen molar-refractivity contribution in [3.63, 3.8) is 0 Å². The summed E-state index contributed by atoms with van der Waals surface area (Å²) < 4.78 is 5.25. The first-order valence-corrected chi connectivity index (χ1v) is 7.87. The van der Waals surface area contributed by atoms with Gasteiger partial charge in [0, 0.05) is 19.8 Å². The lowest BCUT2D eigenvalue weighted by molar-refractivity contribution is 0.149. The van der Waals surface area contributed by atoms with E-state index in [-0.39, 0.29) is 0 Å². The van der Waals surface area contributed by atoms with Gasteiger partial charge >= 0.3 is 0 Å². The second kappa shape index (κ2) is 9.15. The monoisotopic (exact) mass is 277 g/mol. The summed E-state index contributed by atoms with van der Waals surface area (Å²) >= 11 is 0. The molecule has 2 nitrogen and oxygen atoms in total. The van der Waals surface area contributed by atoms with Crippen LogP contribution in [0.5, 0.6) is 0 Å². The molecule has 0 saturated carbocycles. The summed E-state index contributed by atoms with van der Waals surface area (Å²) in [4.78, 5) is 0. The Labute approximate surface area is 124 Å². The third kappa shape index (κ3) is 6.06. The molecular formula is C18H31NO. The van der Waals surface area contributed by atoms with Crippen molar-refractivity contribution >= 4 is 0 Å². The van der Waals surface area contributed by atoms with Crippen molar-refractivity contribution in [2.45, 2.75) is 52.5 Å². The lowest BCUT2D eigenvalue weighted by Crippen LogP contribution is -2.33. The minimum atomic E-state index is 0.537. The maximum Gasteiger partial charge on any atom is 0.0488 e. The third-order valence-corrected chi connectivity index (χ3v) is 3.76. The van der Waals surface area contributed by atoms with Crippen LogP contribution in [0.3, 0.4) is 0 Å². The molecule has 2 unspecified atom stereocenters. The van der Waals surface area contributed by atoms with Crippen LogP contribution in [0.15, 0.2) is 24.3 Å². The van der Waals surface area contributed by atoms with Crippen molar-refractivity contribution in [3.05, 3.63) is 35.4 Å². The van der Waals surface area contributed by atoms with Crippen LogP contribution in [0, 0.1) is 5.92 Å². The highest BCUT2D eigenvalue weighted by molar-refractivity contribution is 5.25. The molecule has 0 bridgehead atoms. The lowest BCUT2D eigenvalue weighted by Gasteiger charge is -2.22. The molecule has 0 aliphatic carbocycles. The van der Waals surface area contributed by atoms with Crippen LogP contribution >= 0.6 is 0 Å². The summed E-state index contributed by atoms with van der Waals surface area (Å²) in [7, 11) is 1.78. The van der Waals surface area contributed by atoms with Crippen LogP contribution in [0.25, 0.3) is 0 Å². The van der Waals surface area contributed by atoms with E-state index < -0.39 is 0 Å². The van der Waals surface area contributed by atoms with Gasteiger partial charge in [0.2, 0.25) is 0 Å². The Morgan fingerprint density at radius 3 is 2.25 bits per heavy atom. The van der Waals surface area contributed by atoms with E-state index in [1.807, 2.05) is 0 Å². The summed E-state index contributed by atoms with van der Waals surface area (Å²) in [6, 6.07) is 9.62. The van der Waals surface area contributed by atoms with E-state index in [0.717, 1.165) is 26.0 Å². The molecule has 0 aliphatic rings. The smallest absolute Gasteiger partial charge is 0.0488 e. The molecule has 114 valence electrons. The van der Waals surface area contributed by atoms with Crippen LogP contribution in [0.4, 0.5) is 0 Å². The molecule has 2 heteroatoms. The second-order valence-electron chi connectivity index (χ2n) is 6.15. The molecule has 0 heterocycles. The molecule has 1 aromatic carbocycles. The quantitative estimate of drug-likeness (QED) is 0.736. The Balaban J connectivity index is 2.60. The summed E-state index contributed by atoms with van der Waals surface area (Å²) in [5.74, 6) is 1.20. The molecule has 1 rings (SSSR count). The fraction of sp³-hybridized carbons (Fsp3) is 0.667. The number of nitrogens with one attached hydrogen (secondary N) is 1. The zero-order valence-corrected chi connectivity index (χ0v) is 13.8. The van der Waals surface area contributed by atoms with Crippen LogP contribution in [-0.2, 0) is 11.2 Å². The summed E-state index contributed by atoms with van der Waals surface area (Å²) in [6.07, 6.45) is 2.26. The van der Waals surface area contributed by atoms with Gasteiger partial charge in [0.25, 0.3) is 0 Å². The minimum absolute atomic E-state index is 0.537. The number of methoxy groups -OCH3 is 1. The second-order valence-corrected chi connectivity index (χ2v) is 6.15. The zero-order chi connectivity index (χ0) is 15.0. The van der Waals surface area contributed by atoms with Gasteiger partial charge in [0.1, 0.15) is 0 Å². The van der Waals surface area contributed by atoms with Gasteiger partial charge in [0.15, 0.2) is 0 Å². The van der Waals surface area contributed by atoms with E-state index in [2.05, 4.69) is 57.3 Å². The van der Waals surface area contributed by atoms with E-state index >= 15 is 0 Å². The molecule has 0 saturated heterocycles. The molecule has 0 radical (unpaired) electrons. The van der Waals surface area contributed by atoms with Crippen LogP contribution in [0.1, 0.15) is 51.2 Å². The molecule has 0 aromatic heterocycles. The Bertz CT molecular complexity index is 358. The fourth-order valence-corrected chi connectivity index (χ4v) is 2.69. The van der Waals surface area contributed by atoms with Gasteiger partial charge in [-0.2, -0.15) is 0 Å². The maximum atomic E-state index is 5.25. The zero-order valence-electron chi connectivity index (χ0n) is 13.8. The normalized spacial score (nSPS) is 14.5. The Hall–Kier alpha value is -0.860. The summed E-state index contributed by atoms with van der Waals surface area (Å²) in [5, 5.41) is 3.60. The van der Waals surface area contributed by atoms with Crippen molar-refractivity contribution < 1.29 is 4.74 Å². The highest BCUT2D eigenvalue weighted by Crippen LogP contribution is 2.17. The number of rotatable bonds is 9. The predicted octanol–water partition coefficient (Wildman–Crippen LogP) is 4.00. The number of hydrogen-bond acceptors (Lipinski definition) is 2. The predicted molar refractivity (Wildman–Crippen MR) is 87.4 cm³/mol. The molecule has 1 aromatic rings. The van der Waals surface area contributed by atoms with E-state index in [9.17, 15) is 0 Å². The van der Waals surface area contributed by atoms with E-state index in [1.165, 1.54) is 11.1 Å². The van der Waals surface area contributed by atoms with Gasteiger partial charge in [-0.25, -0.2) is 0 Å². The first kappa shape index (κ1) is 17.2. The lowest BCUT2D eigenvalue weighted by atomic mass is 9.95. The molecule has 0 aliphatic heterocycles. The fourth-order valence-electron chi connectivity index (χ4n) is 2.69. The van der Waals surface area contributed by atoms with Crippen molar-refractivity contribution in [1.29, 1.82) is 0 Å². The van der Waals surface area contributed by atoms with Crippen LogP contribution in [-0.4, -0.2) is 26.3 Å². The van der Waals surface area contributed by atoms with Crippen molar-refractivity contribution in [3.8, 4) is 0 Å². The van der Waals surface area contributed by atoms with Crippen molar-refractivity contribution in [2.24, 2.45) is 5.92 Å². The Morgan fingerprint density at radius 2 is 1.75 bits per heavy atom. The largest absolute Gasteiger partial charge is 0.384 e. The number of hydrogen-bond donors (Lipinski definition) is 1. The molecule has 2 atom stereocenters. The van der Waals surface area contributed by atoms with Gasteiger partial charge in [-0.05, 0) is 42.3 Å². The molecule has 0 fully saturated rings. The highest BCUT2D eigenvalue weighted by atomic mass is 16.5. The van der Waals surface area contributed by atoms with Crippen molar-refractivity contribution in [2.75, 3.05) is 20.3 Å². The van der Waals surface area contributed by atoms with Gasteiger partial charge in [0.05, 0.1) is 0 Å². The third-order valence-electron chi connectivity index (χ3n) is 3.76. The first-order valence-electron chi connectivity index (χ1n) is 7.87. The average Bonchev–Trinajstić information content (AvgIpc) is 2.39. The van der Waals surface area contributed by atoms with Crippen molar-refractivity contribution in [1.82, 2.24) is 5.32 Å². The van der Waals surface area contributed by atoms with Gasteiger partial charge < -0.3 is 10.1 Å². The Kier molecular flexibility index (Phi) is 7.86. The van der Waals surface area contributed by atoms with Gasteiger partial charge in [-0.1, -0.05) is 52.0 Å². The standard InChI is InChI=1S/C18H31NO/c1-6-19-18(11-15(4)13-20-5)12-16-7-9-17(10-8-16)14(2)3/h7-10,14-15,18-19H,6,11-13H2,1-5H3. The van der Waals surface area contributed by atoms with Gasteiger partial charge in [-0.15, -0.1) is 0 Å². The maximum absolute atomic E-state index is 5.25. The number of ether oxygens (including phenoxy) is 1. The molecule has 20 heavy (non-hydrogen) atoms. The summed E-state index contributed by atoms with van der Waals surface area (Å²) in [5.41, 5.74) is 2.84. The summed E-state index contributed by atoms with van der Waals surface area (Å²) in [6.45, 7) is 10.8. The molecule has 1 N–H and O–H groups in total. The van der Waals surface area contributed by atoms with Gasteiger partial charge in [-0.3, -0.25) is 0 Å². The molecule has 0 spiro atoms. The average molecular weight is 277 g/mol. The van der Waals surface area contributed by atoms with E-state index in [0.29, 0.717) is 17.9 Å².